The van der Waals surface area contributed by atoms with Gasteiger partial charge in [-0.2, -0.15) is 0 Å². The van der Waals surface area contributed by atoms with E-state index >= 15 is 0 Å². The first-order valence-electron chi connectivity index (χ1n) is 12.0. The lowest BCUT2D eigenvalue weighted by atomic mass is 9.83. The summed E-state index contributed by atoms with van der Waals surface area (Å²) in [6.07, 6.45) is 0. The molecule has 4 aromatic rings. The second-order valence-electron chi connectivity index (χ2n) is 10.1. The van der Waals surface area contributed by atoms with Crippen molar-refractivity contribution in [3.05, 3.63) is 119 Å². The lowest BCUT2D eigenvalue weighted by molar-refractivity contribution is 0.0990. The van der Waals surface area contributed by atoms with Crippen molar-refractivity contribution in [1.29, 1.82) is 0 Å². The Morgan fingerprint density at radius 3 is 2.09 bits per heavy atom. The fourth-order valence-corrected chi connectivity index (χ4v) is 4.43. The van der Waals surface area contributed by atoms with Crippen molar-refractivity contribution in [2.24, 2.45) is 0 Å². The fraction of sp³-hybridized carbons (Fsp3) is 0.250. The van der Waals surface area contributed by atoms with E-state index in [0.717, 1.165) is 39.1 Å². The van der Waals surface area contributed by atoms with E-state index in [0.29, 0.717) is 12.4 Å². The molecule has 1 unspecified atom stereocenters. The van der Waals surface area contributed by atoms with Crippen LogP contribution in [0.4, 0.5) is 0 Å². The van der Waals surface area contributed by atoms with Crippen LogP contribution in [-0.4, -0.2) is 12.2 Å². The van der Waals surface area contributed by atoms with E-state index in [9.17, 15) is 5.11 Å². The van der Waals surface area contributed by atoms with Gasteiger partial charge in [0.1, 0.15) is 23.7 Å². The average Bonchev–Trinajstić information content (AvgIpc) is 2.87. The number of hydrogen-bond acceptors (Lipinski definition) is 3. The van der Waals surface area contributed by atoms with E-state index in [1.54, 1.807) is 7.11 Å². The Balaban J connectivity index is 1.79. The van der Waals surface area contributed by atoms with Crippen LogP contribution in [-0.2, 0) is 17.6 Å². The summed E-state index contributed by atoms with van der Waals surface area (Å²) < 4.78 is 12.0. The molecule has 0 aliphatic carbocycles. The third kappa shape index (κ3) is 5.26. The van der Waals surface area contributed by atoms with Gasteiger partial charge in [-0.15, -0.1) is 0 Å². The Kier molecular flexibility index (Phi) is 7.00. The topological polar surface area (TPSA) is 38.7 Å². The van der Waals surface area contributed by atoms with Gasteiger partial charge >= 0.3 is 0 Å². The molecule has 35 heavy (non-hydrogen) atoms. The number of methoxy groups -OCH3 is 1. The fourth-order valence-electron chi connectivity index (χ4n) is 4.43. The van der Waals surface area contributed by atoms with Gasteiger partial charge in [0.05, 0.1) is 7.11 Å². The molecule has 0 aliphatic rings. The molecule has 0 saturated heterocycles. The van der Waals surface area contributed by atoms with E-state index in [2.05, 4.69) is 57.2 Å². The van der Waals surface area contributed by atoms with Crippen LogP contribution in [0, 0.1) is 0 Å². The number of para-hydroxylation sites is 2. The molecule has 0 bridgehead atoms. The van der Waals surface area contributed by atoms with Gasteiger partial charge in [-0.3, -0.25) is 0 Å². The van der Waals surface area contributed by atoms with Gasteiger partial charge in [0.15, 0.2) is 0 Å². The zero-order valence-electron chi connectivity index (χ0n) is 21.2. The lowest BCUT2D eigenvalue weighted by Gasteiger charge is -2.28. The molecule has 3 nitrogen and oxygen atoms in total. The maximum atomic E-state index is 11.6. The van der Waals surface area contributed by atoms with Crippen LogP contribution in [0.2, 0.25) is 0 Å². The molecule has 180 valence electrons. The second kappa shape index (κ2) is 9.97. The molecule has 4 aromatic carbocycles. The van der Waals surface area contributed by atoms with Crippen LogP contribution >= 0.6 is 0 Å². The molecule has 0 heterocycles. The molecule has 0 amide bonds. The maximum Gasteiger partial charge on any atom is 0.131 e. The standard InChI is InChI=1S/C32H34O3/c1-31(2,3)28-19-12-17-26(30(28)35-22-23-13-7-6-8-14-23)24-15-11-16-25(21-24)32(4,33)27-18-9-10-20-29(27)34-5/h6-21,33H,22H2,1-5H3. The van der Waals surface area contributed by atoms with Crippen molar-refractivity contribution in [2.45, 2.75) is 45.3 Å². The van der Waals surface area contributed by atoms with Gasteiger partial charge in [-0.1, -0.05) is 106 Å². The molecular weight excluding hydrogens is 432 g/mol. The van der Waals surface area contributed by atoms with Gasteiger partial charge in [0.2, 0.25) is 0 Å². The summed E-state index contributed by atoms with van der Waals surface area (Å²) in [5.74, 6) is 1.53. The maximum absolute atomic E-state index is 11.6. The SMILES string of the molecule is COc1ccccc1C(C)(O)c1cccc(-c2cccc(C(C)(C)C)c2OCc2ccccc2)c1. The Morgan fingerprint density at radius 1 is 0.714 bits per heavy atom. The second-order valence-corrected chi connectivity index (χ2v) is 10.1. The van der Waals surface area contributed by atoms with Crippen LogP contribution < -0.4 is 9.47 Å². The number of ether oxygens (including phenoxy) is 2. The third-order valence-corrected chi connectivity index (χ3v) is 6.42. The van der Waals surface area contributed by atoms with Crippen LogP contribution in [0.15, 0.2) is 97.1 Å². The van der Waals surface area contributed by atoms with Crippen LogP contribution in [0.3, 0.4) is 0 Å². The molecule has 3 heteroatoms. The van der Waals surface area contributed by atoms with E-state index in [-0.39, 0.29) is 5.41 Å². The molecule has 0 fully saturated rings. The predicted octanol–water partition coefficient (Wildman–Crippen LogP) is 7.49. The number of rotatable bonds is 7. The summed E-state index contributed by atoms with van der Waals surface area (Å²) in [5.41, 5.74) is 4.46. The summed E-state index contributed by atoms with van der Waals surface area (Å²) in [5, 5.41) is 11.6. The first-order chi connectivity index (χ1) is 16.7. The Hall–Kier alpha value is -3.56. The zero-order chi connectivity index (χ0) is 25.1. The number of aliphatic hydroxyl groups is 1. The Morgan fingerprint density at radius 2 is 1.37 bits per heavy atom. The number of benzene rings is 4. The zero-order valence-corrected chi connectivity index (χ0v) is 21.2. The monoisotopic (exact) mass is 466 g/mol. The quantitative estimate of drug-likeness (QED) is 0.307. The Bertz CT molecular complexity index is 1280. The molecule has 0 radical (unpaired) electrons. The summed E-state index contributed by atoms with van der Waals surface area (Å²) in [4.78, 5) is 0. The first kappa shape index (κ1) is 24.6. The van der Waals surface area contributed by atoms with Gasteiger partial charge in [-0.25, -0.2) is 0 Å². The number of hydrogen-bond donors (Lipinski definition) is 1. The van der Waals surface area contributed by atoms with Gasteiger partial charge in [0.25, 0.3) is 0 Å². The van der Waals surface area contributed by atoms with E-state index in [1.165, 1.54) is 0 Å². The minimum absolute atomic E-state index is 0.0947. The van der Waals surface area contributed by atoms with Crippen molar-refractivity contribution < 1.29 is 14.6 Å². The highest BCUT2D eigenvalue weighted by atomic mass is 16.5. The van der Waals surface area contributed by atoms with Crippen LogP contribution in [0.25, 0.3) is 11.1 Å². The third-order valence-electron chi connectivity index (χ3n) is 6.42. The van der Waals surface area contributed by atoms with Crippen molar-refractivity contribution in [1.82, 2.24) is 0 Å². The smallest absolute Gasteiger partial charge is 0.131 e. The summed E-state index contributed by atoms with van der Waals surface area (Å²) in [6, 6.07) is 32.2. The highest BCUT2D eigenvalue weighted by molar-refractivity contribution is 5.74. The summed E-state index contributed by atoms with van der Waals surface area (Å²) in [6.45, 7) is 8.89. The van der Waals surface area contributed by atoms with Crippen molar-refractivity contribution in [2.75, 3.05) is 7.11 Å². The van der Waals surface area contributed by atoms with Gasteiger partial charge < -0.3 is 14.6 Å². The Labute approximate surface area is 209 Å². The summed E-state index contributed by atoms with van der Waals surface area (Å²) >= 11 is 0. The average molecular weight is 467 g/mol. The predicted molar refractivity (Wildman–Crippen MR) is 143 cm³/mol. The minimum atomic E-state index is -1.23. The molecule has 0 aliphatic heterocycles. The molecule has 4 rings (SSSR count). The van der Waals surface area contributed by atoms with Gasteiger partial charge in [-0.05, 0) is 41.2 Å². The van der Waals surface area contributed by atoms with Crippen molar-refractivity contribution in [3.63, 3.8) is 0 Å². The van der Waals surface area contributed by atoms with Crippen LogP contribution in [0.1, 0.15) is 49.9 Å². The lowest BCUT2D eigenvalue weighted by Crippen LogP contribution is -2.23. The van der Waals surface area contributed by atoms with E-state index < -0.39 is 5.60 Å². The molecule has 0 aromatic heterocycles. The van der Waals surface area contributed by atoms with E-state index in [4.69, 9.17) is 9.47 Å². The van der Waals surface area contributed by atoms with Crippen molar-refractivity contribution in [3.8, 4) is 22.6 Å². The molecule has 0 saturated carbocycles. The van der Waals surface area contributed by atoms with Crippen molar-refractivity contribution >= 4 is 0 Å². The molecule has 1 atom stereocenters. The van der Waals surface area contributed by atoms with Crippen LogP contribution in [0.5, 0.6) is 11.5 Å². The van der Waals surface area contributed by atoms with E-state index in [1.807, 2.05) is 67.6 Å². The largest absolute Gasteiger partial charge is 0.496 e. The molecule has 0 spiro atoms. The minimum Gasteiger partial charge on any atom is -0.496 e. The normalized spacial score (nSPS) is 13.2. The molecular formula is C32H34O3. The highest BCUT2D eigenvalue weighted by Gasteiger charge is 2.30. The summed E-state index contributed by atoms with van der Waals surface area (Å²) in [7, 11) is 1.62. The molecule has 1 N–H and O–H groups in total. The first-order valence-corrected chi connectivity index (χ1v) is 12.0. The highest BCUT2D eigenvalue weighted by Crippen LogP contribution is 2.42. The van der Waals surface area contributed by atoms with Gasteiger partial charge in [0, 0.05) is 16.7 Å².